The molecule has 2 aromatic rings. The van der Waals surface area contributed by atoms with Gasteiger partial charge < -0.3 is 15.4 Å². The van der Waals surface area contributed by atoms with Crippen molar-refractivity contribution in [3.8, 4) is 5.75 Å². The molecule has 1 aliphatic rings. The highest BCUT2D eigenvalue weighted by atomic mass is 19.2. The summed E-state index contributed by atoms with van der Waals surface area (Å²) >= 11 is 0. The second-order valence-corrected chi connectivity index (χ2v) is 7.29. The number of halogens is 2. The molecule has 1 aromatic carbocycles. The molecule has 158 valence electrons. The van der Waals surface area contributed by atoms with Crippen LogP contribution in [0.5, 0.6) is 5.75 Å². The molecule has 2 N–H and O–H groups in total. The van der Waals surface area contributed by atoms with E-state index in [0.717, 1.165) is 49.7 Å². The van der Waals surface area contributed by atoms with E-state index in [9.17, 15) is 8.78 Å². The van der Waals surface area contributed by atoms with Crippen molar-refractivity contribution in [2.75, 3.05) is 19.7 Å². The Labute approximate surface area is 169 Å². The van der Waals surface area contributed by atoms with Gasteiger partial charge in [0.25, 0.3) is 0 Å². The maximum atomic E-state index is 13.2. The lowest BCUT2D eigenvalue weighted by Gasteiger charge is -2.25. The summed E-state index contributed by atoms with van der Waals surface area (Å²) in [5.41, 5.74) is 0. The molecule has 1 atom stereocenters. The molecule has 0 fully saturated rings. The predicted octanol–water partition coefficient (Wildman–Crippen LogP) is 2.63. The van der Waals surface area contributed by atoms with Crippen LogP contribution in [0.2, 0.25) is 0 Å². The number of benzene rings is 1. The highest BCUT2D eigenvalue weighted by molar-refractivity contribution is 5.80. The number of hydrogen-bond acceptors (Lipinski definition) is 4. The molecule has 7 nitrogen and oxygen atoms in total. The molecule has 0 saturated carbocycles. The zero-order valence-corrected chi connectivity index (χ0v) is 17.1. The van der Waals surface area contributed by atoms with Gasteiger partial charge in [0, 0.05) is 31.0 Å². The van der Waals surface area contributed by atoms with Crippen LogP contribution in [0.4, 0.5) is 8.78 Å². The number of aromatic nitrogens is 3. The van der Waals surface area contributed by atoms with E-state index in [1.54, 1.807) is 0 Å². The third kappa shape index (κ3) is 5.65. The molecule has 1 aromatic heterocycles. The zero-order valence-electron chi connectivity index (χ0n) is 17.1. The van der Waals surface area contributed by atoms with Crippen LogP contribution < -0.4 is 15.4 Å². The normalized spacial score (nSPS) is 16.6. The zero-order chi connectivity index (χ0) is 20.8. The van der Waals surface area contributed by atoms with Crippen LogP contribution in [0.1, 0.15) is 44.8 Å². The minimum absolute atomic E-state index is 0.203. The molecule has 2 heterocycles. The van der Waals surface area contributed by atoms with Gasteiger partial charge in [-0.15, -0.1) is 0 Å². The summed E-state index contributed by atoms with van der Waals surface area (Å²) in [6.07, 6.45) is 1.82. The molecule has 1 aliphatic heterocycles. The number of rotatable bonds is 7. The highest BCUT2D eigenvalue weighted by Gasteiger charge is 2.23. The first kappa shape index (κ1) is 21.0. The minimum atomic E-state index is -0.925. The van der Waals surface area contributed by atoms with Crippen molar-refractivity contribution in [2.45, 2.75) is 52.1 Å². The summed E-state index contributed by atoms with van der Waals surface area (Å²) in [6, 6.07) is 3.68. The quantitative estimate of drug-likeness (QED) is 0.420. The maximum absolute atomic E-state index is 13.2. The Morgan fingerprint density at radius 3 is 2.90 bits per heavy atom. The first-order chi connectivity index (χ1) is 14.0. The largest absolute Gasteiger partial charge is 0.492 e. The minimum Gasteiger partial charge on any atom is -0.492 e. The number of hydrogen-bond donors (Lipinski definition) is 2. The first-order valence-corrected chi connectivity index (χ1v) is 10.0. The molecular formula is C20H28F2N6O. The average Bonchev–Trinajstić information content (AvgIpc) is 3.12. The smallest absolute Gasteiger partial charge is 0.191 e. The van der Waals surface area contributed by atoms with Gasteiger partial charge in [-0.2, -0.15) is 5.10 Å². The van der Waals surface area contributed by atoms with E-state index < -0.39 is 11.6 Å². The van der Waals surface area contributed by atoms with Crippen molar-refractivity contribution in [1.82, 2.24) is 25.4 Å². The van der Waals surface area contributed by atoms with Crippen LogP contribution in [0, 0.1) is 11.6 Å². The van der Waals surface area contributed by atoms with Gasteiger partial charge in [-0.05, 0) is 25.5 Å². The molecule has 0 bridgehead atoms. The van der Waals surface area contributed by atoms with Crippen molar-refractivity contribution < 1.29 is 13.5 Å². The van der Waals surface area contributed by atoms with Crippen LogP contribution >= 0.6 is 0 Å². The topological polar surface area (TPSA) is 76.4 Å². The molecule has 0 amide bonds. The Hall–Kier alpha value is -2.71. The number of aryl methyl sites for hydroxylation is 1. The van der Waals surface area contributed by atoms with Crippen molar-refractivity contribution in [1.29, 1.82) is 0 Å². The fourth-order valence-corrected chi connectivity index (χ4v) is 3.09. The predicted molar refractivity (Wildman–Crippen MR) is 107 cm³/mol. The van der Waals surface area contributed by atoms with Gasteiger partial charge in [0.15, 0.2) is 23.4 Å². The van der Waals surface area contributed by atoms with Gasteiger partial charge in [0.1, 0.15) is 18.2 Å². The molecular weight excluding hydrogens is 378 g/mol. The third-order valence-corrected chi connectivity index (χ3v) is 4.60. The first-order valence-electron chi connectivity index (χ1n) is 10.0. The van der Waals surface area contributed by atoms with Crippen LogP contribution in [0.25, 0.3) is 0 Å². The van der Waals surface area contributed by atoms with Crippen molar-refractivity contribution in [3.05, 3.63) is 41.5 Å². The van der Waals surface area contributed by atoms with E-state index in [1.165, 1.54) is 6.07 Å². The number of guanidine groups is 1. The van der Waals surface area contributed by atoms with Crippen LogP contribution in [0.15, 0.2) is 23.2 Å². The van der Waals surface area contributed by atoms with Crippen LogP contribution in [-0.2, 0) is 13.0 Å². The number of ether oxygens (including phenoxy) is 1. The Balaban J connectivity index is 1.53. The summed E-state index contributed by atoms with van der Waals surface area (Å²) in [6.45, 7) is 8.30. The van der Waals surface area contributed by atoms with Gasteiger partial charge in [-0.3, -0.25) is 0 Å². The molecule has 29 heavy (non-hydrogen) atoms. The number of fused-ring (bicyclic) bond motifs is 1. The Bertz CT molecular complexity index is 851. The standard InChI is InChI=1S/C20H28F2N6O/c1-4-23-20(24-9-10-29-15-6-7-16(21)17(22)11-15)25-14-5-8-18-26-19(13(2)3)27-28(18)12-14/h6-7,11,13-14H,4-5,8-10,12H2,1-3H3,(H2,23,24,25). The lowest BCUT2D eigenvalue weighted by molar-refractivity contribution is 0.324. The number of aliphatic imine (C=N–C) groups is 1. The lowest BCUT2D eigenvalue weighted by atomic mass is 10.1. The Kier molecular flexibility index (Phi) is 7.00. The van der Waals surface area contributed by atoms with Gasteiger partial charge in [-0.25, -0.2) is 23.4 Å². The number of nitrogens with zero attached hydrogens (tertiary/aromatic N) is 4. The van der Waals surface area contributed by atoms with Crippen molar-refractivity contribution in [2.24, 2.45) is 4.99 Å². The summed E-state index contributed by atoms with van der Waals surface area (Å²) < 4.78 is 33.6. The Morgan fingerprint density at radius 1 is 1.34 bits per heavy atom. The van der Waals surface area contributed by atoms with E-state index in [-0.39, 0.29) is 18.4 Å². The van der Waals surface area contributed by atoms with Crippen molar-refractivity contribution >= 4 is 5.96 Å². The fraction of sp³-hybridized carbons (Fsp3) is 0.550. The second kappa shape index (κ2) is 9.67. The van der Waals surface area contributed by atoms with Crippen LogP contribution in [0.3, 0.4) is 0 Å². The molecule has 0 radical (unpaired) electrons. The molecule has 0 aliphatic carbocycles. The number of nitrogens with one attached hydrogen (secondary N) is 2. The lowest BCUT2D eigenvalue weighted by Crippen LogP contribution is -2.47. The van der Waals surface area contributed by atoms with Crippen LogP contribution in [-0.4, -0.2) is 46.5 Å². The highest BCUT2D eigenvalue weighted by Crippen LogP contribution is 2.17. The summed E-state index contributed by atoms with van der Waals surface area (Å²) in [5, 5.41) is 11.3. The summed E-state index contributed by atoms with van der Waals surface area (Å²) in [5.74, 6) is 1.39. The SMILES string of the molecule is CCNC(=NCCOc1ccc(F)c(F)c1)NC1CCc2nc(C(C)C)nn2C1. The maximum Gasteiger partial charge on any atom is 0.191 e. The Morgan fingerprint density at radius 2 is 2.17 bits per heavy atom. The second-order valence-electron chi connectivity index (χ2n) is 7.29. The van der Waals surface area contributed by atoms with Gasteiger partial charge in [0.2, 0.25) is 0 Å². The fourth-order valence-electron chi connectivity index (χ4n) is 3.09. The molecule has 9 heteroatoms. The van der Waals surface area contributed by atoms with Gasteiger partial charge >= 0.3 is 0 Å². The van der Waals surface area contributed by atoms with E-state index in [0.29, 0.717) is 18.4 Å². The molecule has 0 spiro atoms. The van der Waals surface area contributed by atoms with Gasteiger partial charge in [0.05, 0.1) is 13.1 Å². The monoisotopic (exact) mass is 406 g/mol. The third-order valence-electron chi connectivity index (χ3n) is 4.60. The van der Waals surface area contributed by atoms with E-state index in [2.05, 4.69) is 39.6 Å². The molecule has 1 unspecified atom stereocenters. The summed E-state index contributed by atoms with van der Waals surface area (Å²) in [4.78, 5) is 9.12. The van der Waals surface area contributed by atoms with E-state index >= 15 is 0 Å². The van der Waals surface area contributed by atoms with E-state index in [4.69, 9.17) is 4.74 Å². The summed E-state index contributed by atoms with van der Waals surface area (Å²) in [7, 11) is 0. The molecule has 3 rings (SSSR count). The van der Waals surface area contributed by atoms with E-state index in [1.807, 2.05) is 11.6 Å². The average molecular weight is 406 g/mol. The van der Waals surface area contributed by atoms with Gasteiger partial charge in [-0.1, -0.05) is 13.8 Å². The van der Waals surface area contributed by atoms with Crippen molar-refractivity contribution in [3.63, 3.8) is 0 Å². The molecule has 0 saturated heterocycles.